The van der Waals surface area contributed by atoms with Crippen LogP contribution in [0.5, 0.6) is 0 Å². The second-order valence-electron chi connectivity index (χ2n) is 5.94. The summed E-state index contributed by atoms with van der Waals surface area (Å²) < 4.78 is 5.04. The number of benzene rings is 1. The van der Waals surface area contributed by atoms with Gasteiger partial charge in [0.25, 0.3) is 5.91 Å². The first-order valence-electron chi connectivity index (χ1n) is 8.14. The molecule has 8 heteroatoms. The van der Waals surface area contributed by atoms with Crippen molar-refractivity contribution >= 4 is 29.2 Å². The number of carbonyl (C=O) groups is 3. The molecular weight excluding hydrogens is 336 g/mol. The minimum absolute atomic E-state index is 0.122. The Morgan fingerprint density at radius 3 is 2.08 bits per heavy atom. The highest BCUT2D eigenvalue weighted by Gasteiger charge is 2.25. The topological polar surface area (TPSA) is 112 Å². The van der Waals surface area contributed by atoms with Gasteiger partial charge in [0.15, 0.2) is 5.76 Å². The minimum atomic E-state index is -0.726. The van der Waals surface area contributed by atoms with Crippen LogP contribution >= 0.6 is 0 Å². The lowest BCUT2D eigenvalue weighted by Crippen LogP contribution is -2.47. The van der Waals surface area contributed by atoms with E-state index >= 15 is 0 Å². The van der Waals surface area contributed by atoms with Crippen LogP contribution in [0.15, 0.2) is 47.1 Å². The van der Waals surface area contributed by atoms with Crippen LogP contribution in [0.2, 0.25) is 0 Å². The molecule has 0 saturated heterocycles. The van der Waals surface area contributed by atoms with E-state index in [0.717, 1.165) is 0 Å². The fourth-order valence-electron chi connectivity index (χ4n) is 2.21. The van der Waals surface area contributed by atoms with Gasteiger partial charge in [0.1, 0.15) is 6.04 Å². The maximum absolute atomic E-state index is 12.5. The van der Waals surface area contributed by atoms with Gasteiger partial charge in [-0.05, 0) is 42.3 Å². The molecule has 0 aliphatic rings. The highest BCUT2D eigenvalue weighted by atomic mass is 16.3. The van der Waals surface area contributed by atoms with Crippen molar-refractivity contribution in [3.8, 4) is 0 Å². The smallest absolute Gasteiger partial charge is 0.318 e. The Morgan fingerprint density at radius 2 is 1.58 bits per heavy atom. The van der Waals surface area contributed by atoms with Crippen LogP contribution in [0.3, 0.4) is 0 Å². The van der Waals surface area contributed by atoms with E-state index in [4.69, 9.17) is 4.42 Å². The molecule has 1 heterocycles. The number of hydrogen-bond donors (Lipinski definition) is 4. The Morgan fingerprint density at radius 1 is 0.962 bits per heavy atom. The van der Waals surface area contributed by atoms with Gasteiger partial charge in [0, 0.05) is 18.4 Å². The van der Waals surface area contributed by atoms with Crippen LogP contribution < -0.4 is 21.3 Å². The highest BCUT2D eigenvalue weighted by Crippen LogP contribution is 2.15. The van der Waals surface area contributed by atoms with Crippen LogP contribution in [0.25, 0.3) is 0 Å². The Hall–Kier alpha value is -3.29. The van der Waals surface area contributed by atoms with E-state index in [0.29, 0.717) is 11.4 Å². The highest BCUT2D eigenvalue weighted by molar-refractivity contribution is 6.00. The third-order valence-corrected chi connectivity index (χ3v) is 3.62. The fraction of sp³-hybridized carbons (Fsp3) is 0.278. The van der Waals surface area contributed by atoms with Crippen LogP contribution in [0.4, 0.5) is 16.2 Å². The lowest BCUT2D eigenvalue weighted by Gasteiger charge is -2.21. The number of hydrogen-bond acceptors (Lipinski definition) is 4. The molecule has 0 fully saturated rings. The summed E-state index contributed by atoms with van der Waals surface area (Å²) in [6.45, 7) is 3.67. The van der Waals surface area contributed by atoms with E-state index in [-0.39, 0.29) is 23.6 Å². The molecule has 8 nitrogen and oxygen atoms in total. The average Bonchev–Trinajstić information content (AvgIpc) is 3.15. The third kappa shape index (κ3) is 5.10. The van der Waals surface area contributed by atoms with Gasteiger partial charge in [-0.3, -0.25) is 9.59 Å². The average molecular weight is 358 g/mol. The molecule has 0 saturated carbocycles. The van der Waals surface area contributed by atoms with Crippen molar-refractivity contribution in [2.24, 2.45) is 5.92 Å². The predicted octanol–water partition coefficient (Wildman–Crippen LogP) is 2.42. The first-order chi connectivity index (χ1) is 12.4. The summed E-state index contributed by atoms with van der Waals surface area (Å²) in [5.74, 6) is -0.767. The van der Waals surface area contributed by atoms with Crippen LogP contribution in [0, 0.1) is 5.92 Å². The normalized spacial score (nSPS) is 11.5. The Balaban J connectivity index is 2.00. The summed E-state index contributed by atoms with van der Waals surface area (Å²) >= 11 is 0. The SMILES string of the molecule is CNC(=O)Nc1ccc(NC(=O)C(NC(=O)c2ccco2)C(C)C)cc1. The molecule has 1 atom stereocenters. The number of nitrogens with one attached hydrogen (secondary N) is 4. The van der Waals surface area contributed by atoms with Crippen molar-refractivity contribution < 1.29 is 18.8 Å². The van der Waals surface area contributed by atoms with Crippen molar-refractivity contribution in [2.45, 2.75) is 19.9 Å². The maximum atomic E-state index is 12.5. The predicted molar refractivity (Wildman–Crippen MR) is 98.0 cm³/mol. The number of anilines is 2. The van der Waals surface area contributed by atoms with Gasteiger partial charge in [-0.2, -0.15) is 0 Å². The molecule has 1 aromatic heterocycles. The van der Waals surface area contributed by atoms with Gasteiger partial charge in [0.2, 0.25) is 5.91 Å². The zero-order chi connectivity index (χ0) is 19.1. The number of urea groups is 1. The third-order valence-electron chi connectivity index (χ3n) is 3.62. The molecule has 26 heavy (non-hydrogen) atoms. The Labute approximate surface area is 151 Å². The summed E-state index contributed by atoms with van der Waals surface area (Å²) in [7, 11) is 1.52. The zero-order valence-electron chi connectivity index (χ0n) is 14.8. The zero-order valence-corrected chi connectivity index (χ0v) is 14.8. The van der Waals surface area contributed by atoms with Crippen LogP contribution in [0.1, 0.15) is 24.4 Å². The van der Waals surface area contributed by atoms with E-state index in [2.05, 4.69) is 21.3 Å². The fourth-order valence-corrected chi connectivity index (χ4v) is 2.21. The van der Waals surface area contributed by atoms with Crippen molar-refractivity contribution in [3.63, 3.8) is 0 Å². The van der Waals surface area contributed by atoms with E-state index in [1.165, 1.54) is 19.4 Å². The van der Waals surface area contributed by atoms with Crippen molar-refractivity contribution in [2.75, 3.05) is 17.7 Å². The van der Waals surface area contributed by atoms with Gasteiger partial charge in [0.05, 0.1) is 6.26 Å². The van der Waals surface area contributed by atoms with E-state index in [1.54, 1.807) is 30.3 Å². The van der Waals surface area contributed by atoms with Gasteiger partial charge in [-0.15, -0.1) is 0 Å². The quantitative estimate of drug-likeness (QED) is 0.635. The van der Waals surface area contributed by atoms with Gasteiger partial charge in [-0.25, -0.2) is 4.79 Å². The largest absolute Gasteiger partial charge is 0.459 e. The molecule has 0 aliphatic heterocycles. The molecule has 2 aromatic rings. The molecule has 0 aliphatic carbocycles. The molecule has 4 N–H and O–H groups in total. The van der Waals surface area contributed by atoms with Crippen molar-refractivity contribution in [3.05, 3.63) is 48.4 Å². The first-order valence-corrected chi connectivity index (χ1v) is 8.14. The molecule has 0 bridgehead atoms. The van der Waals surface area contributed by atoms with Gasteiger partial charge >= 0.3 is 6.03 Å². The summed E-state index contributed by atoms with van der Waals surface area (Å²) in [6, 6.07) is 8.73. The monoisotopic (exact) mass is 358 g/mol. The summed E-state index contributed by atoms with van der Waals surface area (Å²) in [5, 5.41) is 10.5. The number of rotatable bonds is 6. The van der Waals surface area contributed by atoms with Gasteiger partial charge in [-0.1, -0.05) is 13.8 Å². The second kappa shape index (κ2) is 8.70. The standard InChI is InChI=1S/C18H22N4O4/c1-11(2)15(22-16(23)14-5-4-10-26-14)17(24)20-12-6-8-13(9-7-12)21-18(25)19-3/h4-11,15H,1-3H3,(H,20,24)(H,22,23)(H2,19,21,25). The van der Waals surface area contributed by atoms with E-state index < -0.39 is 11.9 Å². The summed E-state index contributed by atoms with van der Waals surface area (Å²) in [5.41, 5.74) is 1.14. The second-order valence-corrected chi connectivity index (χ2v) is 5.94. The minimum Gasteiger partial charge on any atom is -0.459 e. The lowest BCUT2D eigenvalue weighted by atomic mass is 10.0. The van der Waals surface area contributed by atoms with Crippen molar-refractivity contribution in [1.29, 1.82) is 0 Å². The number of amides is 4. The molecule has 2 rings (SSSR count). The molecule has 1 unspecified atom stereocenters. The first kappa shape index (κ1) is 19.0. The number of carbonyl (C=O) groups excluding carboxylic acids is 3. The lowest BCUT2D eigenvalue weighted by molar-refractivity contribution is -0.118. The molecule has 0 spiro atoms. The molecule has 0 radical (unpaired) electrons. The maximum Gasteiger partial charge on any atom is 0.318 e. The Kier molecular flexibility index (Phi) is 6.37. The molecule has 4 amide bonds. The summed E-state index contributed by atoms with van der Waals surface area (Å²) in [4.78, 5) is 35.9. The van der Waals surface area contributed by atoms with Crippen molar-refractivity contribution in [1.82, 2.24) is 10.6 Å². The van der Waals surface area contributed by atoms with E-state index in [9.17, 15) is 14.4 Å². The Bertz CT molecular complexity index is 754. The van der Waals surface area contributed by atoms with Crippen LogP contribution in [-0.4, -0.2) is 30.9 Å². The summed E-state index contributed by atoms with van der Waals surface area (Å²) in [6.07, 6.45) is 1.40. The molecule has 1 aromatic carbocycles. The van der Waals surface area contributed by atoms with Crippen LogP contribution in [-0.2, 0) is 4.79 Å². The molecular formula is C18H22N4O4. The van der Waals surface area contributed by atoms with E-state index in [1.807, 2.05) is 13.8 Å². The molecule has 138 valence electrons. The number of furan rings is 1. The van der Waals surface area contributed by atoms with Gasteiger partial charge < -0.3 is 25.7 Å².